The lowest BCUT2D eigenvalue weighted by Gasteiger charge is -2.12. The van der Waals surface area contributed by atoms with Gasteiger partial charge < -0.3 is 14.6 Å². The topological polar surface area (TPSA) is 98.9 Å². The number of rotatable bonds is 6. The van der Waals surface area contributed by atoms with Gasteiger partial charge >= 0.3 is 6.16 Å². The molecule has 2 aromatic rings. The molecule has 0 aliphatic heterocycles. The van der Waals surface area contributed by atoms with Crippen LogP contribution in [0.2, 0.25) is 0 Å². The lowest BCUT2D eigenvalue weighted by Crippen LogP contribution is -2.06. The highest BCUT2D eigenvalue weighted by atomic mass is 16.7. The largest absolute Gasteiger partial charge is 0.511 e. The molecular weight excluding hydrogens is 302 g/mol. The number of benzene rings is 2. The molecule has 2 rings (SSSR count). The van der Waals surface area contributed by atoms with Crippen molar-refractivity contribution in [2.24, 2.45) is 0 Å². The van der Waals surface area contributed by atoms with E-state index < -0.39 is 11.1 Å². The van der Waals surface area contributed by atoms with E-state index in [9.17, 15) is 14.9 Å². The van der Waals surface area contributed by atoms with Crippen LogP contribution in [0.5, 0.6) is 11.5 Å². The quantitative estimate of drug-likeness (QED) is 0.378. The molecule has 0 atom stereocenters. The molecule has 0 fully saturated rings. The highest BCUT2D eigenvalue weighted by Crippen LogP contribution is 2.29. The Morgan fingerprint density at radius 1 is 1.17 bits per heavy atom. The maximum atomic E-state index is 10.9. The third-order valence-electron chi connectivity index (χ3n) is 3.11. The molecule has 0 aliphatic rings. The van der Waals surface area contributed by atoms with Gasteiger partial charge in [0.25, 0.3) is 5.69 Å². The predicted octanol–water partition coefficient (Wildman–Crippen LogP) is 3.64. The first-order valence-corrected chi connectivity index (χ1v) is 6.90. The van der Waals surface area contributed by atoms with Gasteiger partial charge in [-0.2, -0.15) is 0 Å². The Kier molecular flexibility index (Phi) is 5.14. The monoisotopic (exact) mass is 317 g/mol. The zero-order valence-corrected chi connectivity index (χ0v) is 12.4. The average Bonchev–Trinajstić information content (AvgIpc) is 2.50. The lowest BCUT2D eigenvalue weighted by molar-refractivity contribution is -0.384. The minimum Gasteiger partial charge on any atom is -0.494 e. The normalized spacial score (nSPS) is 10.1. The van der Waals surface area contributed by atoms with Gasteiger partial charge in [-0.05, 0) is 24.6 Å². The highest BCUT2D eigenvalue weighted by Gasteiger charge is 2.16. The van der Waals surface area contributed by atoms with E-state index in [0.717, 1.165) is 5.56 Å². The van der Waals surface area contributed by atoms with Crippen LogP contribution in [0.15, 0.2) is 42.5 Å². The number of nitro groups is 1. The van der Waals surface area contributed by atoms with Gasteiger partial charge in [-0.1, -0.05) is 18.2 Å². The van der Waals surface area contributed by atoms with Gasteiger partial charge in [0.1, 0.15) is 11.5 Å². The predicted molar refractivity (Wildman–Crippen MR) is 82.2 cm³/mol. The van der Waals surface area contributed by atoms with Crippen LogP contribution in [0.4, 0.5) is 10.5 Å². The summed E-state index contributed by atoms with van der Waals surface area (Å²) in [5.41, 5.74) is 1.05. The maximum absolute atomic E-state index is 10.9. The standard InChI is InChI=1S/C16H15NO6/c1-2-22-14-6-4-3-5-11(14)9-12-10-13(17(20)21)7-8-15(12)23-16(18)19/h3-8,10H,2,9H2,1H3,(H,18,19). The fourth-order valence-electron chi connectivity index (χ4n) is 2.16. The average molecular weight is 317 g/mol. The van der Waals surface area contributed by atoms with Crippen LogP contribution in [-0.2, 0) is 6.42 Å². The van der Waals surface area contributed by atoms with E-state index in [1.807, 2.05) is 25.1 Å². The molecule has 0 heterocycles. The van der Waals surface area contributed by atoms with E-state index >= 15 is 0 Å². The van der Waals surface area contributed by atoms with E-state index in [1.165, 1.54) is 18.2 Å². The Morgan fingerprint density at radius 2 is 1.91 bits per heavy atom. The Labute approximate surface area is 132 Å². The van der Waals surface area contributed by atoms with E-state index in [2.05, 4.69) is 0 Å². The summed E-state index contributed by atoms with van der Waals surface area (Å²) >= 11 is 0. The summed E-state index contributed by atoms with van der Waals surface area (Å²) in [5.74, 6) is 0.706. The summed E-state index contributed by atoms with van der Waals surface area (Å²) < 4.78 is 10.2. The molecule has 2 aromatic carbocycles. The van der Waals surface area contributed by atoms with Gasteiger partial charge in [-0.15, -0.1) is 0 Å². The van der Waals surface area contributed by atoms with Crippen molar-refractivity contribution in [3.05, 3.63) is 63.7 Å². The molecule has 0 unspecified atom stereocenters. The van der Waals surface area contributed by atoms with E-state index in [0.29, 0.717) is 17.9 Å². The van der Waals surface area contributed by atoms with Crippen LogP contribution in [-0.4, -0.2) is 22.8 Å². The number of non-ortho nitro benzene ring substituents is 1. The zero-order valence-electron chi connectivity index (χ0n) is 12.4. The van der Waals surface area contributed by atoms with Gasteiger partial charge in [0, 0.05) is 24.1 Å². The number of hydrogen-bond acceptors (Lipinski definition) is 5. The third kappa shape index (κ3) is 4.19. The Balaban J connectivity index is 2.42. The number of hydrogen-bond donors (Lipinski definition) is 1. The summed E-state index contributed by atoms with van der Waals surface area (Å²) in [5, 5.41) is 19.7. The molecule has 23 heavy (non-hydrogen) atoms. The lowest BCUT2D eigenvalue weighted by atomic mass is 10.0. The second-order valence-corrected chi connectivity index (χ2v) is 4.63. The minimum atomic E-state index is -1.47. The first-order valence-electron chi connectivity index (χ1n) is 6.90. The van der Waals surface area contributed by atoms with Gasteiger partial charge in [0.05, 0.1) is 11.5 Å². The smallest absolute Gasteiger partial charge is 0.494 e. The molecule has 0 saturated heterocycles. The molecule has 0 saturated carbocycles. The molecule has 7 nitrogen and oxygen atoms in total. The van der Waals surface area contributed by atoms with Crippen molar-refractivity contribution < 1.29 is 24.3 Å². The van der Waals surface area contributed by atoms with Crippen molar-refractivity contribution in [1.82, 2.24) is 0 Å². The van der Waals surface area contributed by atoms with Crippen molar-refractivity contribution in [3.63, 3.8) is 0 Å². The first kappa shape index (κ1) is 16.3. The molecule has 0 bridgehead atoms. The summed E-state index contributed by atoms with van der Waals surface area (Å²) in [6.45, 7) is 2.33. The van der Waals surface area contributed by atoms with Crippen molar-refractivity contribution in [3.8, 4) is 11.5 Å². The van der Waals surface area contributed by atoms with Crippen LogP contribution in [0.1, 0.15) is 18.1 Å². The fraction of sp³-hybridized carbons (Fsp3) is 0.188. The van der Waals surface area contributed by atoms with Crippen LogP contribution in [0.25, 0.3) is 0 Å². The second kappa shape index (κ2) is 7.26. The summed E-state index contributed by atoms with van der Waals surface area (Å²) in [4.78, 5) is 21.2. The van der Waals surface area contributed by atoms with Crippen LogP contribution in [0, 0.1) is 10.1 Å². The Bertz CT molecular complexity index is 728. The number of nitro benzene ring substituents is 1. The molecule has 0 radical (unpaired) electrons. The molecule has 0 aliphatic carbocycles. The molecular formula is C16H15NO6. The molecule has 0 amide bonds. The fourth-order valence-corrected chi connectivity index (χ4v) is 2.16. The van der Waals surface area contributed by atoms with E-state index in [-0.39, 0.29) is 17.9 Å². The van der Waals surface area contributed by atoms with E-state index in [4.69, 9.17) is 14.6 Å². The Morgan fingerprint density at radius 3 is 2.57 bits per heavy atom. The van der Waals surface area contributed by atoms with E-state index in [1.54, 1.807) is 6.07 Å². The highest BCUT2D eigenvalue weighted by molar-refractivity contribution is 5.63. The molecule has 7 heteroatoms. The molecule has 0 spiro atoms. The summed E-state index contributed by atoms with van der Waals surface area (Å²) in [6, 6.07) is 11.0. The number of ether oxygens (including phenoxy) is 2. The zero-order chi connectivity index (χ0) is 16.8. The molecule has 120 valence electrons. The maximum Gasteiger partial charge on any atom is 0.511 e. The number of carboxylic acid groups (broad SMARTS) is 1. The summed E-state index contributed by atoms with van der Waals surface area (Å²) in [7, 11) is 0. The molecule has 0 aromatic heterocycles. The number of nitrogens with zero attached hydrogens (tertiary/aromatic N) is 1. The minimum absolute atomic E-state index is 0.0643. The number of carbonyl (C=O) groups is 1. The third-order valence-corrected chi connectivity index (χ3v) is 3.11. The molecule has 1 N–H and O–H groups in total. The van der Waals surface area contributed by atoms with Crippen LogP contribution in [0.3, 0.4) is 0 Å². The first-order chi connectivity index (χ1) is 11.0. The van der Waals surface area contributed by atoms with Gasteiger partial charge in [-0.25, -0.2) is 4.79 Å². The van der Waals surface area contributed by atoms with Gasteiger partial charge in [0.2, 0.25) is 0 Å². The van der Waals surface area contributed by atoms with Gasteiger partial charge in [-0.3, -0.25) is 10.1 Å². The van der Waals surface area contributed by atoms with Crippen molar-refractivity contribution in [1.29, 1.82) is 0 Å². The van der Waals surface area contributed by atoms with Crippen molar-refractivity contribution >= 4 is 11.8 Å². The van der Waals surface area contributed by atoms with Crippen LogP contribution < -0.4 is 9.47 Å². The van der Waals surface area contributed by atoms with Crippen molar-refractivity contribution in [2.75, 3.05) is 6.61 Å². The second-order valence-electron chi connectivity index (χ2n) is 4.63. The van der Waals surface area contributed by atoms with Gasteiger partial charge in [0.15, 0.2) is 0 Å². The SMILES string of the molecule is CCOc1ccccc1Cc1cc([N+](=O)[O-])ccc1OC(=O)O. The van der Waals surface area contributed by atoms with Crippen LogP contribution >= 0.6 is 0 Å². The number of para-hydroxylation sites is 1. The summed E-state index contributed by atoms with van der Waals surface area (Å²) in [6.07, 6.45) is -1.22. The van der Waals surface area contributed by atoms with Crippen molar-refractivity contribution in [2.45, 2.75) is 13.3 Å². The Hall–Kier alpha value is -3.09.